The SMILES string of the molecule is C[C@H]1C[C@H]1c1ccc(/C=N\NC(=O)c2ccccc2Cl)o1. The van der Waals surface area contributed by atoms with Crippen LogP contribution in [0.2, 0.25) is 5.02 Å². The summed E-state index contributed by atoms with van der Waals surface area (Å²) >= 11 is 5.94. The second-order valence-electron chi connectivity index (χ2n) is 5.24. The Bertz CT molecular complexity index is 693. The molecule has 2 atom stereocenters. The summed E-state index contributed by atoms with van der Waals surface area (Å²) in [5, 5.41) is 4.29. The van der Waals surface area contributed by atoms with Crippen molar-refractivity contribution in [3.8, 4) is 0 Å². The Morgan fingerprint density at radius 3 is 2.86 bits per heavy atom. The van der Waals surface area contributed by atoms with Crippen LogP contribution in [0.4, 0.5) is 0 Å². The van der Waals surface area contributed by atoms with E-state index >= 15 is 0 Å². The zero-order valence-electron chi connectivity index (χ0n) is 11.5. The third-order valence-electron chi connectivity index (χ3n) is 3.60. The lowest BCUT2D eigenvalue weighted by Crippen LogP contribution is -2.17. The highest BCUT2D eigenvalue weighted by Crippen LogP contribution is 2.47. The Morgan fingerprint density at radius 1 is 1.38 bits per heavy atom. The van der Waals surface area contributed by atoms with Crippen LogP contribution in [0.15, 0.2) is 45.9 Å². The van der Waals surface area contributed by atoms with Gasteiger partial charge in [-0.3, -0.25) is 4.79 Å². The zero-order chi connectivity index (χ0) is 14.8. The minimum absolute atomic E-state index is 0.348. The lowest BCUT2D eigenvalue weighted by molar-refractivity contribution is 0.0955. The van der Waals surface area contributed by atoms with E-state index in [4.69, 9.17) is 16.0 Å². The highest BCUT2D eigenvalue weighted by molar-refractivity contribution is 6.33. The summed E-state index contributed by atoms with van der Waals surface area (Å²) in [5.41, 5.74) is 2.83. The molecular formula is C16H15ClN2O2. The number of carbonyl (C=O) groups is 1. The van der Waals surface area contributed by atoms with Crippen molar-refractivity contribution in [3.63, 3.8) is 0 Å². The summed E-state index contributed by atoms with van der Waals surface area (Å²) in [4.78, 5) is 11.9. The average molecular weight is 303 g/mol. The molecule has 21 heavy (non-hydrogen) atoms. The van der Waals surface area contributed by atoms with Gasteiger partial charge in [-0.05, 0) is 36.6 Å². The van der Waals surface area contributed by atoms with Crippen LogP contribution in [0.3, 0.4) is 0 Å². The van der Waals surface area contributed by atoms with Gasteiger partial charge in [0, 0.05) is 5.92 Å². The first-order valence-electron chi connectivity index (χ1n) is 6.83. The van der Waals surface area contributed by atoms with Gasteiger partial charge in [0.05, 0.1) is 16.8 Å². The van der Waals surface area contributed by atoms with E-state index in [2.05, 4.69) is 17.5 Å². The van der Waals surface area contributed by atoms with Crippen LogP contribution in [0.5, 0.6) is 0 Å². The van der Waals surface area contributed by atoms with Gasteiger partial charge in [0.25, 0.3) is 5.91 Å². The number of halogens is 1. The highest BCUT2D eigenvalue weighted by atomic mass is 35.5. The molecule has 108 valence electrons. The molecule has 1 saturated carbocycles. The molecule has 2 aromatic rings. The summed E-state index contributed by atoms with van der Waals surface area (Å²) in [6.45, 7) is 2.20. The molecule has 4 nitrogen and oxygen atoms in total. The van der Waals surface area contributed by atoms with Gasteiger partial charge in [-0.15, -0.1) is 0 Å². The van der Waals surface area contributed by atoms with Gasteiger partial charge >= 0.3 is 0 Å². The molecule has 1 amide bonds. The van der Waals surface area contributed by atoms with Crippen molar-refractivity contribution in [2.75, 3.05) is 0 Å². The highest BCUT2D eigenvalue weighted by Gasteiger charge is 2.36. The van der Waals surface area contributed by atoms with Gasteiger partial charge in [0.1, 0.15) is 11.5 Å². The van der Waals surface area contributed by atoms with Gasteiger partial charge in [0.15, 0.2) is 0 Å². The number of benzene rings is 1. The first-order chi connectivity index (χ1) is 10.1. The third kappa shape index (κ3) is 3.16. The second kappa shape index (κ2) is 5.74. The maximum absolute atomic E-state index is 11.9. The Kier molecular flexibility index (Phi) is 3.80. The molecule has 0 radical (unpaired) electrons. The molecule has 3 rings (SSSR count). The van der Waals surface area contributed by atoms with E-state index in [-0.39, 0.29) is 5.91 Å². The zero-order valence-corrected chi connectivity index (χ0v) is 12.3. The smallest absolute Gasteiger partial charge is 0.272 e. The fraction of sp³-hybridized carbons (Fsp3) is 0.250. The van der Waals surface area contributed by atoms with E-state index in [0.29, 0.717) is 28.2 Å². The summed E-state index contributed by atoms with van der Waals surface area (Å²) < 4.78 is 5.66. The molecule has 0 bridgehead atoms. The molecule has 0 spiro atoms. The lowest BCUT2D eigenvalue weighted by Gasteiger charge is -2.01. The molecule has 5 heteroatoms. The van der Waals surface area contributed by atoms with E-state index in [0.717, 1.165) is 5.76 Å². The van der Waals surface area contributed by atoms with Crippen LogP contribution >= 0.6 is 11.6 Å². The maximum atomic E-state index is 11.9. The summed E-state index contributed by atoms with van der Waals surface area (Å²) in [6.07, 6.45) is 2.67. The molecule has 1 aliphatic rings. The predicted molar refractivity (Wildman–Crippen MR) is 81.7 cm³/mol. The van der Waals surface area contributed by atoms with Gasteiger partial charge in [0.2, 0.25) is 0 Å². The third-order valence-corrected chi connectivity index (χ3v) is 3.93. The number of carbonyl (C=O) groups excluding carboxylic acids is 1. The Morgan fingerprint density at radius 2 is 2.14 bits per heavy atom. The first-order valence-corrected chi connectivity index (χ1v) is 7.20. The summed E-state index contributed by atoms with van der Waals surface area (Å²) in [6, 6.07) is 10.6. The monoisotopic (exact) mass is 302 g/mol. The van der Waals surface area contributed by atoms with Crippen LogP contribution in [0, 0.1) is 5.92 Å². The van der Waals surface area contributed by atoms with Crippen LogP contribution in [-0.4, -0.2) is 12.1 Å². The van der Waals surface area contributed by atoms with Crippen molar-refractivity contribution < 1.29 is 9.21 Å². The average Bonchev–Trinajstić information content (AvgIpc) is 3.01. The van der Waals surface area contributed by atoms with Crippen molar-refractivity contribution in [1.29, 1.82) is 0 Å². The van der Waals surface area contributed by atoms with Crippen LogP contribution in [0.25, 0.3) is 0 Å². The first kappa shape index (κ1) is 13.9. The Hall–Kier alpha value is -2.07. The van der Waals surface area contributed by atoms with E-state index in [1.54, 1.807) is 24.3 Å². The van der Waals surface area contributed by atoms with Crippen molar-refractivity contribution in [2.45, 2.75) is 19.3 Å². The fourth-order valence-corrected chi connectivity index (χ4v) is 2.44. The summed E-state index contributed by atoms with van der Waals surface area (Å²) in [7, 11) is 0. The van der Waals surface area contributed by atoms with Crippen LogP contribution in [-0.2, 0) is 0 Å². The molecule has 1 heterocycles. The van der Waals surface area contributed by atoms with Gasteiger partial charge in [-0.25, -0.2) is 5.43 Å². The molecular weight excluding hydrogens is 288 g/mol. The molecule has 0 unspecified atom stereocenters. The topological polar surface area (TPSA) is 54.6 Å². The van der Waals surface area contributed by atoms with Crippen molar-refractivity contribution >= 4 is 23.7 Å². The van der Waals surface area contributed by atoms with Gasteiger partial charge in [-0.1, -0.05) is 30.7 Å². The van der Waals surface area contributed by atoms with Gasteiger partial charge < -0.3 is 4.42 Å². The molecule has 0 saturated heterocycles. The largest absolute Gasteiger partial charge is 0.460 e. The number of furan rings is 1. The fourth-order valence-electron chi connectivity index (χ4n) is 2.22. The van der Waals surface area contributed by atoms with Crippen LogP contribution in [0.1, 0.15) is 41.1 Å². The van der Waals surface area contributed by atoms with Crippen molar-refractivity contribution in [1.82, 2.24) is 5.43 Å². The minimum atomic E-state index is -0.348. The molecule has 1 N–H and O–H groups in total. The quantitative estimate of drug-likeness (QED) is 0.689. The number of hydrogen-bond donors (Lipinski definition) is 1. The Balaban J connectivity index is 1.61. The maximum Gasteiger partial charge on any atom is 0.272 e. The van der Waals surface area contributed by atoms with E-state index < -0.39 is 0 Å². The van der Waals surface area contributed by atoms with Crippen LogP contribution < -0.4 is 5.43 Å². The molecule has 1 fully saturated rings. The number of hydrazone groups is 1. The number of hydrogen-bond acceptors (Lipinski definition) is 3. The molecule has 1 aliphatic carbocycles. The number of rotatable bonds is 4. The second-order valence-corrected chi connectivity index (χ2v) is 5.65. The van der Waals surface area contributed by atoms with Crippen molar-refractivity contribution in [3.05, 3.63) is 58.5 Å². The van der Waals surface area contributed by atoms with Crippen molar-refractivity contribution in [2.24, 2.45) is 11.0 Å². The normalized spacial score (nSPS) is 20.7. The minimum Gasteiger partial charge on any atom is -0.460 e. The van der Waals surface area contributed by atoms with E-state index in [1.807, 2.05) is 12.1 Å². The number of nitrogens with one attached hydrogen (secondary N) is 1. The van der Waals surface area contributed by atoms with E-state index in [1.165, 1.54) is 12.6 Å². The molecule has 1 aromatic carbocycles. The van der Waals surface area contributed by atoms with Gasteiger partial charge in [-0.2, -0.15) is 5.10 Å². The Labute approximate surface area is 127 Å². The van der Waals surface area contributed by atoms with E-state index in [9.17, 15) is 4.79 Å². The summed E-state index contributed by atoms with van der Waals surface area (Å²) in [5.74, 6) is 2.50. The number of amides is 1. The standard InChI is InChI=1S/C16H15ClN2O2/c1-10-8-13(10)15-7-6-11(21-15)9-18-19-16(20)12-4-2-3-5-14(12)17/h2-7,9-10,13H,8H2,1H3,(H,19,20)/b18-9-/t10-,13+/m0/s1. The molecule has 0 aliphatic heterocycles. The number of nitrogens with zero attached hydrogens (tertiary/aromatic N) is 1. The predicted octanol–water partition coefficient (Wildman–Crippen LogP) is 3.82. The molecule has 1 aromatic heterocycles. The lowest BCUT2D eigenvalue weighted by atomic mass is 10.2.